The molecule has 0 aliphatic heterocycles. The van der Waals surface area contributed by atoms with E-state index in [0.29, 0.717) is 17.4 Å². The number of amides is 1. The molecule has 0 heterocycles. The third-order valence-electron chi connectivity index (χ3n) is 8.50. The molecular formula is C37H75N2O6P. The molecule has 0 fully saturated rings. The Kier molecular flexibility index (Phi) is 29.8. The fourth-order valence-corrected chi connectivity index (χ4v) is 6.11. The van der Waals surface area contributed by atoms with E-state index in [1.807, 2.05) is 27.2 Å². The molecule has 0 bridgehead atoms. The zero-order chi connectivity index (χ0) is 34.4. The molecule has 0 aromatic heterocycles. The van der Waals surface area contributed by atoms with Crippen molar-refractivity contribution in [3.63, 3.8) is 0 Å². The predicted octanol–water partition coefficient (Wildman–Crippen LogP) is 9.00. The van der Waals surface area contributed by atoms with E-state index in [0.717, 1.165) is 38.5 Å². The molecule has 0 rings (SSSR count). The molecule has 1 amide bonds. The van der Waals surface area contributed by atoms with Gasteiger partial charge in [0.1, 0.15) is 13.2 Å². The molecular weight excluding hydrogens is 599 g/mol. The summed E-state index contributed by atoms with van der Waals surface area (Å²) in [6, 6.07) is -0.877. The normalized spacial score (nSPS) is 14.8. The number of allylic oxidation sites excluding steroid dienone is 1. The minimum atomic E-state index is -4.57. The number of carbonyl (C=O) groups excluding carboxylic acids is 1. The molecule has 3 unspecified atom stereocenters. The van der Waals surface area contributed by atoms with Crippen molar-refractivity contribution in [3.05, 3.63) is 12.2 Å². The Morgan fingerprint density at radius 2 is 1.17 bits per heavy atom. The van der Waals surface area contributed by atoms with Gasteiger partial charge in [0.25, 0.3) is 7.82 Å². The molecule has 0 saturated heterocycles. The lowest BCUT2D eigenvalue weighted by Crippen LogP contribution is -2.45. The van der Waals surface area contributed by atoms with Gasteiger partial charge in [-0.3, -0.25) is 9.36 Å². The number of aliphatic hydroxyl groups is 1. The minimum Gasteiger partial charge on any atom is -0.756 e. The maximum absolute atomic E-state index is 12.7. The van der Waals surface area contributed by atoms with Gasteiger partial charge >= 0.3 is 0 Å². The monoisotopic (exact) mass is 675 g/mol. The second-order valence-corrected chi connectivity index (χ2v) is 15.7. The Morgan fingerprint density at radius 1 is 0.739 bits per heavy atom. The Labute approximate surface area is 284 Å². The first kappa shape index (κ1) is 45.2. The molecule has 0 saturated carbocycles. The highest BCUT2D eigenvalue weighted by Crippen LogP contribution is 2.38. The van der Waals surface area contributed by atoms with Crippen LogP contribution in [0.5, 0.6) is 0 Å². The van der Waals surface area contributed by atoms with Crippen molar-refractivity contribution in [2.24, 2.45) is 0 Å². The Balaban J connectivity index is 4.52. The fraction of sp³-hybridized carbons (Fsp3) is 0.919. The minimum absolute atomic E-state index is 0.00153. The topological polar surface area (TPSA) is 108 Å². The van der Waals surface area contributed by atoms with E-state index in [9.17, 15) is 19.4 Å². The first-order chi connectivity index (χ1) is 22.0. The molecule has 0 aromatic carbocycles. The van der Waals surface area contributed by atoms with Crippen molar-refractivity contribution < 1.29 is 32.9 Å². The van der Waals surface area contributed by atoms with Crippen molar-refractivity contribution in [3.8, 4) is 0 Å². The fourth-order valence-electron chi connectivity index (χ4n) is 5.39. The first-order valence-electron chi connectivity index (χ1n) is 19.1. The van der Waals surface area contributed by atoms with Crippen LogP contribution in [-0.2, 0) is 18.4 Å². The maximum atomic E-state index is 12.7. The van der Waals surface area contributed by atoms with Crippen LogP contribution in [-0.4, -0.2) is 68.5 Å². The van der Waals surface area contributed by atoms with Gasteiger partial charge in [-0.05, 0) is 19.3 Å². The van der Waals surface area contributed by atoms with Gasteiger partial charge in [-0.15, -0.1) is 0 Å². The van der Waals surface area contributed by atoms with Crippen molar-refractivity contribution in [1.29, 1.82) is 0 Å². The summed E-state index contributed by atoms with van der Waals surface area (Å²) in [6.07, 6.45) is 31.0. The number of nitrogens with one attached hydrogen (secondary N) is 1. The quantitative estimate of drug-likeness (QED) is 0.0305. The molecule has 0 aliphatic rings. The number of hydrogen-bond donors (Lipinski definition) is 2. The van der Waals surface area contributed by atoms with Gasteiger partial charge in [-0.2, -0.15) is 0 Å². The number of carbonyl (C=O) groups is 1. The van der Waals surface area contributed by atoms with Crippen molar-refractivity contribution in [2.45, 2.75) is 180 Å². The van der Waals surface area contributed by atoms with Crippen LogP contribution in [0.2, 0.25) is 0 Å². The molecule has 9 heteroatoms. The second kappa shape index (κ2) is 30.3. The Bertz CT molecular complexity index is 773. The number of unbranched alkanes of at least 4 members (excludes halogenated alkanes) is 21. The van der Waals surface area contributed by atoms with Gasteiger partial charge in [-0.25, -0.2) is 0 Å². The molecule has 274 valence electrons. The highest BCUT2D eigenvalue weighted by molar-refractivity contribution is 7.45. The number of aliphatic hydroxyl groups excluding tert-OH is 1. The zero-order valence-electron chi connectivity index (χ0n) is 30.8. The Morgan fingerprint density at radius 3 is 1.63 bits per heavy atom. The molecule has 0 spiro atoms. The van der Waals surface area contributed by atoms with Crippen LogP contribution in [0.4, 0.5) is 0 Å². The summed E-state index contributed by atoms with van der Waals surface area (Å²) in [7, 11) is 1.26. The summed E-state index contributed by atoms with van der Waals surface area (Å²) in [4.78, 5) is 25.1. The van der Waals surface area contributed by atoms with Gasteiger partial charge in [-0.1, -0.05) is 154 Å². The van der Waals surface area contributed by atoms with Crippen LogP contribution in [0.25, 0.3) is 0 Å². The van der Waals surface area contributed by atoms with E-state index in [1.165, 1.54) is 109 Å². The van der Waals surface area contributed by atoms with Crippen LogP contribution in [0.15, 0.2) is 12.2 Å². The van der Waals surface area contributed by atoms with E-state index in [2.05, 4.69) is 19.2 Å². The van der Waals surface area contributed by atoms with Gasteiger partial charge in [0.2, 0.25) is 5.91 Å². The molecule has 0 radical (unpaired) electrons. The number of phosphoric ester groups is 1. The summed E-state index contributed by atoms with van der Waals surface area (Å²) in [5.74, 6) is -0.199. The van der Waals surface area contributed by atoms with E-state index in [-0.39, 0.29) is 19.1 Å². The van der Waals surface area contributed by atoms with Crippen LogP contribution in [0.3, 0.4) is 0 Å². The number of nitrogens with zero attached hydrogens (tertiary/aromatic N) is 1. The van der Waals surface area contributed by atoms with Crippen molar-refractivity contribution in [1.82, 2.24) is 5.32 Å². The predicted molar refractivity (Wildman–Crippen MR) is 192 cm³/mol. The summed E-state index contributed by atoms with van der Waals surface area (Å²) < 4.78 is 23.1. The van der Waals surface area contributed by atoms with Gasteiger partial charge in [0.15, 0.2) is 0 Å². The molecule has 2 N–H and O–H groups in total. The molecule has 0 aromatic rings. The number of rotatable bonds is 34. The number of quaternary nitrogens is 1. The van der Waals surface area contributed by atoms with Crippen molar-refractivity contribution >= 4 is 13.7 Å². The molecule has 46 heavy (non-hydrogen) atoms. The largest absolute Gasteiger partial charge is 0.756 e. The lowest BCUT2D eigenvalue weighted by Gasteiger charge is -2.29. The number of phosphoric acid groups is 1. The van der Waals surface area contributed by atoms with E-state index < -0.39 is 20.0 Å². The standard InChI is InChI=1S/C37H75N2O6P/c1-6-8-10-12-14-16-18-19-21-23-25-27-29-31-37(41)38-35(34-45-46(42,43)44-33-32-39(3,4)5)36(40)30-28-26-24-22-20-17-15-13-11-9-7-2/h28,30,35-36,40H,6-27,29,31-34H2,1-5H3,(H-,38,41,42,43)/b30-28+. The lowest BCUT2D eigenvalue weighted by atomic mass is 10.0. The lowest BCUT2D eigenvalue weighted by molar-refractivity contribution is -0.870. The maximum Gasteiger partial charge on any atom is 0.268 e. The number of hydrogen-bond acceptors (Lipinski definition) is 6. The molecule has 3 atom stereocenters. The summed E-state index contributed by atoms with van der Waals surface area (Å²) in [5.41, 5.74) is 0. The van der Waals surface area contributed by atoms with Crippen LogP contribution < -0.4 is 10.2 Å². The Hall–Kier alpha value is -0.760. The van der Waals surface area contributed by atoms with Gasteiger partial charge < -0.3 is 28.8 Å². The summed E-state index contributed by atoms with van der Waals surface area (Å²) >= 11 is 0. The summed E-state index contributed by atoms with van der Waals surface area (Å²) in [6.45, 7) is 4.61. The average molecular weight is 675 g/mol. The van der Waals surface area contributed by atoms with E-state index in [1.54, 1.807) is 6.08 Å². The highest BCUT2D eigenvalue weighted by atomic mass is 31.2. The highest BCUT2D eigenvalue weighted by Gasteiger charge is 2.23. The average Bonchev–Trinajstić information content (AvgIpc) is 2.99. The zero-order valence-corrected chi connectivity index (χ0v) is 31.7. The third kappa shape index (κ3) is 31.8. The first-order valence-corrected chi connectivity index (χ1v) is 20.5. The summed E-state index contributed by atoms with van der Waals surface area (Å²) in [5, 5.41) is 13.7. The van der Waals surface area contributed by atoms with Crippen molar-refractivity contribution in [2.75, 3.05) is 40.9 Å². The van der Waals surface area contributed by atoms with E-state index in [4.69, 9.17) is 9.05 Å². The SMILES string of the molecule is CCCCCCCCCCC/C=C/C(O)C(COP(=O)([O-])OCC[N+](C)(C)C)NC(=O)CCCCCCCCCCCCCCC. The molecule has 0 aliphatic carbocycles. The van der Waals surface area contributed by atoms with Crippen LogP contribution in [0.1, 0.15) is 168 Å². The van der Waals surface area contributed by atoms with Gasteiger partial charge in [0.05, 0.1) is 39.9 Å². The van der Waals surface area contributed by atoms with E-state index >= 15 is 0 Å². The second-order valence-electron chi connectivity index (χ2n) is 14.3. The smallest absolute Gasteiger partial charge is 0.268 e. The van der Waals surface area contributed by atoms with Crippen LogP contribution in [0, 0.1) is 0 Å². The molecule has 8 nitrogen and oxygen atoms in total. The van der Waals surface area contributed by atoms with Crippen LogP contribution >= 0.6 is 7.82 Å². The number of likely N-dealkylation sites (N-methyl/N-ethyl adjacent to an activating group) is 1. The van der Waals surface area contributed by atoms with Gasteiger partial charge in [0, 0.05) is 6.42 Å². The third-order valence-corrected chi connectivity index (χ3v) is 9.46.